The van der Waals surface area contributed by atoms with Crippen LogP contribution in [-0.2, 0) is 7.05 Å². The first-order chi connectivity index (χ1) is 13.4. The molecule has 4 aromatic rings. The van der Waals surface area contributed by atoms with Gasteiger partial charge < -0.3 is 5.11 Å². The zero-order chi connectivity index (χ0) is 19.8. The highest BCUT2D eigenvalue weighted by Gasteiger charge is 2.15. The Labute approximate surface area is 167 Å². The molecular formula is C23H19ClN2O2. The van der Waals surface area contributed by atoms with Crippen LogP contribution in [0.25, 0.3) is 22.2 Å². The second-order valence-electron chi connectivity index (χ2n) is 6.92. The summed E-state index contributed by atoms with van der Waals surface area (Å²) in [4.78, 5) is 16.9. The number of halogens is 1. The van der Waals surface area contributed by atoms with Crippen LogP contribution in [0.5, 0.6) is 0 Å². The smallest absolute Gasteiger partial charge is 0.252 e. The summed E-state index contributed by atoms with van der Waals surface area (Å²) in [6.07, 6.45) is 0.776. The van der Waals surface area contributed by atoms with Crippen molar-refractivity contribution in [3.8, 4) is 11.1 Å². The standard InChI is InChI=1S/C23H19ClN2O2/c1-14-4-3-5-16(10-14)19-12-21(27)26(2)23-20(19)11-17(13-25-23)22(28)15-6-8-18(24)9-7-15/h3-13,22,28H,1-2H3. The van der Waals surface area contributed by atoms with Gasteiger partial charge in [0.05, 0.1) is 0 Å². The lowest BCUT2D eigenvalue weighted by atomic mass is 9.97. The first kappa shape index (κ1) is 18.4. The van der Waals surface area contributed by atoms with E-state index in [1.165, 1.54) is 4.57 Å². The van der Waals surface area contributed by atoms with Crippen LogP contribution in [0.3, 0.4) is 0 Å². The number of nitrogens with zero attached hydrogens (tertiary/aromatic N) is 2. The topological polar surface area (TPSA) is 55.1 Å². The van der Waals surface area contributed by atoms with Crippen molar-refractivity contribution in [2.75, 3.05) is 0 Å². The molecule has 0 saturated heterocycles. The highest BCUT2D eigenvalue weighted by molar-refractivity contribution is 6.30. The van der Waals surface area contributed by atoms with Crippen molar-refractivity contribution in [1.82, 2.24) is 9.55 Å². The predicted octanol–water partition coefficient (Wildman–Crippen LogP) is 4.64. The second-order valence-corrected chi connectivity index (χ2v) is 7.36. The zero-order valence-electron chi connectivity index (χ0n) is 15.6. The van der Waals surface area contributed by atoms with Gasteiger partial charge >= 0.3 is 0 Å². The monoisotopic (exact) mass is 390 g/mol. The van der Waals surface area contributed by atoms with Gasteiger partial charge in [-0.05, 0) is 41.8 Å². The van der Waals surface area contributed by atoms with Crippen LogP contribution in [0.1, 0.15) is 22.8 Å². The molecule has 2 aromatic heterocycles. The summed E-state index contributed by atoms with van der Waals surface area (Å²) in [5, 5.41) is 12.3. The van der Waals surface area contributed by atoms with Crippen molar-refractivity contribution >= 4 is 22.6 Å². The van der Waals surface area contributed by atoms with Gasteiger partial charge in [-0.15, -0.1) is 0 Å². The lowest BCUT2D eigenvalue weighted by molar-refractivity contribution is 0.220. The summed E-state index contributed by atoms with van der Waals surface area (Å²) in [7, 11) is 1.70. The number of fused-ring (bicyclic) bond motifs is 1. The first-order valence-corrected chi connectivity index (χ1v) is 9.32. The molecule has 28 heavy (non-hydrogen) atoms. The summed E-state index contributed by atoms with van der Waals surface area (Å²) < 4.78 is 1.52. The van der Waals surface area contributed by atoms with E-state index < -0.39 is 6.10 Å². The molecular weight excluding hydrogens is 372 g/mol. The maximum atomic E-state index is 12.4. The van der Waals surface area contributed by atoms with E-state index in [4.69, 9.17) is 11.6 Å². The molecule has 0 saturated carbocycles. The van der Waals surface area contributed by atoms with Crippen LogP contribution in [0.4, 0.5) is 0 Å². The van der Waals surface area contributed by atoms with E-state index in [-0.39, 0.29) is 5.56 Å². The average Bonchev–Trinajstić information content (AvgIpc) is 2.70. The maximum absolute atomic E-state index is 12.4. The fourth-order valence-corrected chi connectivity index (χ4v) is 3.51. The number of aryl methyl sites for hydroxylation is 2. The molecule has 2 heterocycles. The number of aromatic nitrogens is 2. The molecule has 1 unspecified atom stereocenters. The fourth-order valence-electron chi connectivity index (χ4n) is 3.38. The quantitative estimate of drug-likeness (QED) is 0.554. The fraction of sp³-hybridized carbons (Fsp3) is 0.130. The summed E-state index contributed by atoms with van der Waals surface area (Å²) in [5.74, 6) is 0. The number of rotatable bonds is 3. The highest BCUT2D eigenvalue weighted by Crippen LogP contribution is 2.30. The van der Waals surface area contributed by atoms with Crippen LogP contribution in [0, 0.1) is 6.92 Å². The molecule has 0 aliphatic heterocycles. The Balaban J connectivity index is 1.92. The molecule has 0 aliphatic carbocycles. The molecule has 0 fully saturated rings. The van der Waals surface area contributed by atoms with Crippen LogP contribution in [-0.4, -0.2) is 14.7 Å². The van der Waals surface area contributed by atoms with Crippen molar-refractivity contribution < 1.29 is 5.11 Å². The predicted molar refractivity (Wildman–Crippen MR) is 113 cm³/mol. The molecule has 4 rings (SSSR count). The molecule has 2 aromatic carbocycles. The average molecular weight is 391 g/mol. The number of pyridine rings is 2. The van der Waals surface area contributed by atoms with Crippen LogP contribution in [0.15, 0.2) is 71.7 Å². The van der Waals surface area contributed by atoms with Gasteiger partial charge in [-0.2, -0.15) is 0 Å². The second kappa shape index (κ2) is 7.23. The molecule has 0 bridgehead atoms. The van der Waals surface area contributed by atoms with Crippen molar-refractivity contribution in [2.45, 2.75) is 13.0 Å². The zero-order valence-corrected chi connectivity index (χ0v) is 16.3. The molecule has 5 heteroatoms. The van der Waals surface area contributed by atoms with Gasteiger partial charge in [0.25, 0.3) is 5.56 Å². The van der Waals surface area contributed by atoms with Crippen molar-refractivity contribution in [2.24, 2.45) is 7.05 Å². The molecule has 0 amide bonds. The Morgan fingerprint density at radius 1 is 1.04 bits per heavy atom. The summed E-state index contributed by atoms with van der Waals surface area (Å²) in [5.41, 5.74) is 4.70. The first-order valence-electron chi connectivity index (χ1n) is 8.94. The minimum Gasteiger partial charge on any atom is -0.384 e. The third-order valence-electron chi connectivity index (χ3n) is 4.92. The molecule has 140 valence electrons. The lowest BCUT2D eigenvalue weighted by Gasteiger charge is -2.15. The van der Waals surface area contributed by atoms with Gasteiger partial charge in [0.15, 0.2) is 0 Å². The highest BCUT2D eigenvalue weighted by atomic mass is 35.5. The SMILES string of the molecule is Cc1cccc(-c2cc(=O)n(C)c3ncc(C(O)c4ccc(Cl)cc4)cc23)c1. The van der Waals surface area contributed by atoms with Gasteiger partial charge in [-0.25, -0.2) is 4.98 Å². The number of aliphatic hydroxyl groups is 1. The van der Waals surface area contributed by atoms with Crippen LogP contribution < -0.4 is 5.56 Å². The molecule has 1 atom stereocenters. The third kappa shape index (κ3) is 3.33. The Hall–Kier alpha value is -2.95. The maximum Gasteiger partial charge on any atom is 0.252 e. The molecule has 1 N–H and O–H groups in total. The Morgan fingerprint density at radius 2 is 1.79 bits per heavy atom. The Kier molecular flexibility index (Phi) is 4.75. The van der Waals surface area contributed by atoms with E-state index in [9.17, 15) is 9.90 Å². The van der Waals surface area contributed by atoms with E-state index in [1.807, 2.05) is 37.3 Å². The van der Waals surface area contributed by atoms with Gasteiger partial charge in [0, 0.05) is 35.3 Å². The molecule has 4 nitrogen and oxygen atoms in total. The number of aliphatic hydroxyl groups excluding tert-OH is 1. The lowest BCUT2D eigenvalue weighted by Crippen LogP contribution is -2.17. The van der Waals surface area contributed by atoms with Gasteiger partial charge in [0.2, 0.25) is 0 Å². The number of benzene rings is 2. The molecule has 0 aliphatic rings. The van der Waals surface area contributed by atoms with E-state index in [1.54, 1.807) is 43.6 Å². The third-order valence-corrected chi connectivity index (χ3v) is 5.18. The van der Waals surface area contributed by atoms with E-state index in [0.29, 0.717) is 16.2 Å². The summed E-state index contributed by atoms with van der Waals surface area (Å²) in [6, 6.07) is 18.6. The van der Waals surface area contributed by atoms with Crippen molar-refractivity contribution in [1.29, 1.82) is 0 Å². The van der Waals surface area contributed by atoms with Crippen molar-refractivity contribution in [3.63, 3.8) is 0 Å². The Bertz CT molecular complexity index is 1230. The van der Waals surface area contributed by atoms with Crippen LogP contribution >= 0.6 is 11.6 Å². The van der Waals surface area contributed by atoms with Crippen molar-refractivity contribution in [3.05, 3.63) is 98.9 Å². The van der Waals surface area contributed by atoms with Gasteiger partial charge in [-0.3, -0.25) is 9.36 Å². The summed E-state index contributed by atoms with van der Waals surface area (Å²) >= 11 is 5.95. The summed E-state index contributed by atoms with van der Waals surface area (Å²) in [6.45, 7) is 2.01. The molecule has 0 radical (unpaired) electrons. The minimum atomic E-state index is -0.836. The van der Waals surface area contributed by atoms with E-state index >= 15 is 0 Å². The van der Waals surface area contributed by atoms with E-state index in [0.717, 1.165) is 27.6 Å². The molecule has 0 spiro atoms. The Morgan fingerprint density at radius 3 is 2.50 bits per heavy atom. The minimum absolute atomic E-state index is 0.123. The number of hydrogen-bond donors (Lipinski definition) is 1. The van der Waals surface area contributed by atoms with Gasteiger partial charge in [-0.1, -0.05) is 53.6 Å². The number of hydrogen-bond acceptors (Lipinski definition) is 3. The van der Waals surface area contributed by atoms with Gasteiger partial charge in [0.1, 0.15) is 11.8 Å². The largest absolute Gasteiger partial charge is 0.384 e. The van der Waals surface area contributed by atoms with E-state index in [2.05, 4.69) is 4.98 Å². The van der Waals surface area contributed by atoms with Crippen LogP contribution in [0.2, 0.25) is 5.02 Å². The normalized spacial score (nSPS) is 12.3.